The molecule has 4 atom stereocenters. The number of benzene rings is 5. The van der Waals surface area contributed by atoms with Gasteiger partial charge in [-0.05, 0) is 264 Å². The topological polar surface area (TPSA) is 198 Å². The molecule has 0 heterocycles. The SMILES string of the molecule is C=CCN(C(=O)c1ccccc1I)C(C(=O)NCCCC)C1CCCCC1.CCCCCCN(C(=O)c1ccccc1I)C(C(=O)NCCCC)C1CCCCC1.CCCCNC(=O)C(C1CCCCC1)N(C(=O)c1ccccc1I)C1CCCCC1.CCCCNC(=O)C(C1CCCCC1)N(Cc1ccccc1)C(=O)c1ccccc1I. The Bertz CT molecular complexity index is 3820. The minimum Gasteiger partial charge on any atom is -0.354 e. The number of hydrogen-bond acceptors (Lipinski definition) is 8. The smallest absolute Gasteiger partial charge is 0.255 e. The Morgan fingerprint density at radius 2 is 0.627 bits per heavy atom. The van der Waals surface area contributed by atoms with E-state index >= 15 is 0 Å². The summed E-state index contributed by atoms with van der Waals surface area (Å²) in [4.78, 5) is 116. The predicted octanol–water partition coefficient (Wildman–Crippen LogP) is 22.7. The van der Waals surface area contributed by atoms with Crippen LogP contribution in [0.15, 0.2) is 140 Å². The third-order valence-corrected chi connectivity index (χ3v) is 28.0. The van der Waals surface area contributed by atoms with Crippen molar-refractivity contribution in [1.82, 2.24) is 40.9 Å². The highest BCUT2D eigenvalue weighted by atomic mass is 127. The highest BCUT2D eigenvalue weighted by Gasteiger charge is 2.44. The molecule has 118 heavy (non-hydrogen) atoms. The summed E-state index contributed by atoms with van der Waals surface area (Å²) in [6.07, 6.45) is 41.9. The summed E-state index contributed by atoms with van der Waals surface area (Å²) in [5.74, 6) is 0.957. The number of nitrogens with one attached hydrogen (secondary N) is 4. The van der Waals surface area contributed by atoms with E-state index in [0.717, 1.165) is 217 Å². The van der Waals surface area contributed by atoms with Gasteiger partial charge in [-0.3, -0.25) is 38.4 Å². The van der Waals surface area contributed by atoms with Crippen LogP contribution >= 0.6 is 90.4 Å². The number of halogens is 4. The van der Waals surface area contributed by atoms with Gasteiger partial charge in [0.1, 0.15) is 24.2 Å². The molecule has 5 saturated carbocycles. The largest absolute Gasteiger partial charge is 0.354 e. The maximum atomic E-state index is 13.9. The van der Waals surface area contributed by atoms with Crippen LogP contribution in [0.5, 0.6) is 0 Å². The normalized spacial score (nSPS) is 16.5. The molecule has 0 bridgehead atoms. The zero-order chi connectivity index (χ0) is 84.8. The van der Waals surface area contributed by atoms with Crippen molar-refractivity contribution in [1.29, 1.82) is 0 Å². The summed E-state index contributed by atoms with van der Waals surface area (Å²) in [6.45, 7) is 18.7. The molecular weight excluding hydrogens is 1920 g/mol. The summed E-state index contributed by atoms with van der Waals surface area (Å²) in [5.41, 5.74) is 3.83. The van der Waals surface area contributed by atoms with Crippen LogP contribution in [0.4, 0.5) is 0 Å². The van der Waals surface area contributed by atoms with E-state index in [1.165, 1.54) is 51.4 Å². The third-order valence-electron chi connectivity index (χ3n) is 24.3. The Kier molecular flexibility index (Phi) is 48.2. The van der Waals surface area contributed by atoms with E-state index in [9.17, 15) is 38.4 Å². The van der Waals surface area contributed by atoms with Crippen LogP contribution in [-0.4, -0.2) is 136 Å². The first-order valence-corrected chi connectivity index (χ1v) is 49.7. The molecule has 20 heteroatoms. The van der Waals surface area contributed by atoms with Gasteiger partial charge < -0.3 is 40.9 Å². The second-order valence-electron chi connectivity index (χ2n) is 33.1. The fourth-order valence-corrected chi connectivity index (χ4v) is 20.3. The Balaban J connectivity index is 0.000000217. The molecule has 0 saturated heterocycles. The molecule has 5 aromatic rings. The van der Waals surface area contributed by atoms with E-state index in [-0.39, 0.29) is 89.1 Å². The van der Waals surface area contributed by atoms with Gasteiger partial charge >= 0.3 is 0 Å². The van der Waals surface area contributed by atoms with Crippen molar-refractivity contribution in [3.8, 4) is 0 Å². The molecule has 5 aromatic carbocycles. The highest BCUT2D eigenvalue weighted by Crippen LogP contribution is 2.38. The second-order valence-corrected chi connectivity index (χ2v) is 37.7. The van der Waals surface area contributed by atoms with Crippen LogP contribution in [0.25, 0.3) is 0 Å². The van der Waals surface area contributed by atoms with E-state index in [2.05, 4.69) is 153 Å². The van der Waals surface area contributed by atoms with Gasteiger partial charge in [-0.15, -0.1) is 6.58 Å². The van der Waals surface area contributed by atoms with Crippen molar-refractivity contribution < 1.29 is 38.4 Å². The molecule has 10 rings (SSSR count). The molecule has 0 spiro atoms. The fourth-order valence-electron chi connectivity index (χ4n) is 17.8. The number of carbonyl (C=O) groups is 8. The maximum Gasteiger partial charge on any atom is 0.255 e. The number of unbranched alkanes of at least 4 members (excludes halogenated alkanes) is 7. The van der Waals surface area contributed by atoms with Crippen LogP contribution in [0.3, 0.4) is 0 Å². The van der Waals surface area contributed by atoms with E-state index in [0.29, 0.717) is 56.9 Å². The Labute approximate surface area is 763 Å². The molecule has 648 valence electrons. The fraction of sp³-hybridized carbons (Fsp3) is 0.592. The summed E-state index contributed by atoms with van der Waals surface area (Å²) in [7, 11) is 0. The quantitative estimate of drug-likeness (QED) is 0.0170. The first kappa shape index (κ1) is 99.6. The number of rotatable bonds is 38. The third kappa shape index (κ3) is 32.0. The number of amides is 8. The molecule has 0 aromatic heterocycles. The van der Waals surface area contributed by atoms with E-state index in [4.69, 9.17) is 0 Å². The summed E-state index contributed by atoms with van der Waals surface area (Å²) >= 11 is 8.89. The lowest BCUT2D eigenvalue weighted by Gasteiger charge is -2.43. The van der Waals surface area contributed by atoms with Crippen molar-refractivity contribution in [2.45, 2.75) is 309 Å². The maximum absolute atomic E-state index is 13.9. The van der Waals surface area contributed by atoms with Crippen molar-refractivity contribution >= 4 is 138 Å². The lowest BCUT2D eigenvalue weighted by Crippen LogP contribution is -2.58. The molecule has 4 N–H and O–H groups in total. The molecule has 0 radical (unpaired) electrons. The van der Waals surface area contributed by atoms with Gasteiger partial charge in [0.15, 0.2) is 0 Å². The molecule has 5 aliphatic carbocycles. The van der Waals surface area contributed by atoms with Gasteiger partial charge in [0.05, 0.1) is 22.3 Å². The average molecular weight is 2070 g/mol. The highest BCUT2D eigenvalue weighted by molar-refractivity contribution is 14.1. The summed E-state index contributed by atoms with van der Waals surface area (Å²) in [6, 6.07) is 39.4. The van der Waals surface area contributed by atoms with Crippen molar-refractivity contribution in [3.05, 3.63) is 182 Å². The Morgan fingerprint density at radius 1 is 0.339 bits per heavy atom. The van der Waals surface area contributed by atoms with Gasteiger partial charge in [-0.1, -0.05) is 261 Å². The second kappa shape index (κ2) is 57.1. The predicted molar refractivity (Wildman–Crippen MR) is 516 cm³/mol. The number of hydrogen-bond donors (Lipinski definition) is 4. The molecule has 8 amide bonds. The zero-order valence-corrected chi connectivity index (χ0v) is 80.4. The molecule has 0 aliphatic heterocycles. The van der Waals surface area contributed by atoms with Gasteiger partial charge in [0.25, 0.3) is 23.6 Å². The lowest BCUT2D eigenvalue weighted by molar-refractivity contribution is -0.129. The van der Waals surface area contributed by atoms with Crippen molar-refractivity contribution in [2.75, 3.05) is 39.3 Å². The zero-order valence-electron chi connectivity index (χ0n) is 71.8. The molecule has 5 aliphatic rings. The van der Waals surface area contributed by atoms with E-state index < -0.39 is 12.1 Å². The Hall–Kier alpha value is -5.48. The van der Waals surface area contributed by atoms with E-state index in [1.807, 2.05) is 142 Å². The van der Waals surface area contributed by atoms with Crippen LogP contribution in [0, 0.1) is 38.0 Å². The van der Waals surface area contributed by atoms with Gasteiger partial charge in [-0.25, -0.2) is 0 Å². The van der Waals surface area contributed by atoms with Crippen molar-refractivity contribution in [2.24, 2.45) is 23.7 Å². The number of carbonyl (C=O) groups excluding carboxylic acids is 8. The first-order chi connectivity index (χ1) is 57.4. The molecule has 4 unspecified atom stereocenters. The standard InChI is InChI=1S/C26H33IN2O2.C25H37IN2O2.C25H39IN2O2.C22H31IN2O2/c1-2-3-18-28-25(30)24(21-14-8-5-9-15-21)29(19-20-12-6-4-7-13-20)26(31)22-16-10-11-17-23(22)27;1-2-3-18-27-24(29)23(19-12-6-4-7-13-19)28(20-14-8-5-9-15-20)25(30)21-16-10-11-17-22(21)26;1-3-5-7-13-19-28(25(30)21-16-11-12-17-22(21)26)23(20-14-9-8-10-15-20)24(29)27-18-6-4-2;1-3-5-15-24-21(26)20(17-11-7-6-8-12-17)25(16-4-2)22(27)18-13-9-10-14-19(18)23/h4,6-7,10-13,16-17,21,24H,2-3,5,8-9,14-15,18-19H2,1H3,(H,28,30);10-11,16-17,19-20,23H,2-9,12-15,18H2,1H3,(H,27,29);11-12,16-17,20,23H,3-10,13-15,18-19H2,1-2H3,(H,27,29);4,9-10,13-14,17,20H,2-3,5-8,11-12,15-16H2,1H3,(H,24,26). The van der Waals surface area contributed by atoms with Crippen LogP contribution in [0.1, 0.15) is 319 Å². The molecular formula is C98H140I4N8O8. The summed E-state index contributed by atoms with van der Waals surface area (Å²) in [5, 5.41) is 12.5. The minimum absolute atomic E-state index is 0.00410. The van der Waals surface area contributed by atoms with Crippen LogP contribution < -0.4 is 21.3 Å². The number of nitrogens with zero attached hydrogens (tertiary/aromatic N) is 4. The first-order valence-electron chi connectivity index (χ1n) is 45.4. The molecule has 5 fully saturated rings. The van der Waals surface area contributed by atoms with E-state index in [1.54, 1.807) is 11.0 Å². The lowest BCUT2D eigenvalue weighted by atomic mass is 9.81. The van der Waals surface area contributed by atoms with Gasteiger partial charge in [0, 0.05) is 66.1 Å². The average Bonchev–Trinajstić information content (AvgIpc) is 0.791. The van der Waals surface area contributed by atoms with Crippen molar-refractivity contribution in [3.63, 3.8) is 0 Å². The Morgan fingerprint density at radius 3 is 0.975 bits per heavy atom. The minimum atomic E-state index is -0.444. The van der Waals surface area contributed by atoms with Gasteiger partial charge in [0.2, 0.25) is 23.6 Å². The monoisotopic (exact) mass is 2060 g/mol. The van der Waals surface area contributed by atoms with Crippen LogP contribution in [-0.2, 0) is 25.7 Å². The van der Waals surface area contributed by atoms with Gasteiger partial charge in [-0.2, -0.15) is 0 Å². The molecule has 16 nitrogen and oxygen atoms in total. The van der Waals surface area contributed by atoms with Crippen LogP contribution in [0.2, 0.25) is 0 Å². The summed E-state index contributed by atoms with van der Waals surface area (Å²) < 4.78 is 3.74.